The van der Waals surface area contributed by atoms with Crippen molar-refractivity contribution in [2.45, 2.75) is 18.9 Å². The number of nitrogens with one attached hydrogen (secondary N) is 1. The first-order valence-electron chi connectivity index (χ1n) is 6.66. The van der Waals surface area contributed by atoms with Gasteiger partial charge in [-0.25, -0.2) is 4.98 Å². The third-order valence-corrected chi connectivity index (χ3v) is 5.09. The van der Waals surface area contributed by atoms with Crippen molar-refractivity contribution in [1.82, 2.24) is 4.98 Å². The van der Waals surface area contributed by atoms with Gasteiger partial charge in [-0.3, -0.25) is 4.79 Å². The van der Waals surface area contributed by atoms with Crippen molar-refractivity contribution in [3.8, 4) is 6.07 Å². The standard InChI is InChI=1S/C16H13Br2N3OS/c1-9-5-10(2)20-16(12(9)7-19)23-8-15(22)21-14-4-3-11(17)6-13(14)18/h3-6H,8H2,1-2H3,(H,21,22). The molecule has 0 aliphatic rings. The Kier molecular flexibility index (Phi) is 6.22. The van der Waals surface area contributed by atoms with E-state index < -0.39 is 0 Å². The van der Waals surface area contributed by atoms with E-state index in [0.717, 1.165) is 20.2 Å². The normalized spacial score (nSPS) is 10.2. The quantitative estimate of drug-likeness (QED) is 0.672. The second-order valence-electron chi connectivity index (χ2n) is 4.83. The van der Waals surface area contributed by atoms with Crippen LogP contribution in [0.15, 0.2) is 38.2 Å². The summed E-state index contributed by atoms with van der Waals surface area (Å²) in [6.45, 7) is 3.74. The number of rotatable bonds is 4. The number of hydrogen-bond donors (Lipinski definition) is 1. The number of carbonyl (C=O) groups is 1. The van der Waals surface area contributed by atoms with Crippen molar-refractivity contribution < 1.29 is 4.79 Å². The second-order valence-corrected chi connectivity index (χ2v) is 7.57. The number of aromatic nitrogens is 1. The number of nitrogens with zero attached hydrogens (tertiary/aromatic N) is 2. The van der Waals surface area contributed by atoms with E-state index in [1.807, 2.05) is 38.1 Å². The smallest absolute Gasteiger partial charge is 0.234 e. The summed E-state index contributed by atoms with van der Waals surface area (Å²) in [7, 11) is 0. The van der Waals surface area contributed by atoms with Crippen LogP contribution in [0.25, 0.3) is 0 Å². The number of halogens is 2. The predicted octanol–water partition coefficient (Wildman–Crippen LogP) is 4.83. The number of carbonyl (C=O) groups excluding carboxylic acids is 1. The second kappa shape index (κ2) is 7.95. The molecular weight excluding hydrogens is 442 g/mol. The molecule has 0 atom stereocenters. The van der Waals surface area contributed by atoms with Gasteiger partial charge in [-0.2, -0.15) is 5.26 Å². The molecule has 7 heteroatoms. The highest BCUT2D eigenvalue weighted by molar-refractivity contribution is 9.11. The van der Waals surface area contributed by atoms with Crippen LogP contribution in [0.3, 0.4) is 0 Å². The fourth-order valence-corrected chi connectivity index (χ4v) is 4.00. The van der Waals surface area contributed by atoms with Gasteiger partial charge in [-0.15, -0.1) is 0 Å². The Bertz CT molecular complexity index is 803. The van der Waals surface area contributed by atoms with Crippen LogP contribution in [0.5, 0.6) is 0 Å². The number of hydrogen-bond acceptors (Lipinski definition) is 4. The minimum absolute atomic E-state index is 0.150. The molecule has 1 amide bonds. The van der Waals surface area contributed by atoms with Crippen LogP contribution in [-0.4, -0.2) is 16.6 Å². The Morgan fingerprint density at radius 2 is 2.09 bits per heavy atom. The highest BCUT2D eigenvalue weighted by atomic mass is 79.9. The number of amides is 1. The predicted molar refractivity (Wildman–Crippen MR) is 99.6 cm³/mol. The third kappa shape index (κ3) is 4.80. The molecule has 0 fully saturated rings. The van der Waals surface area contributed by atoms with E-state index >= 15 is 0 Å². The van der Waals surface area contributed by atoms with Gasteiger partial charge >= 0.3 is 0 Å². The maximum atomic E-state index is 12.1. The third-order valence-electron chi connectivity index (χ3n) is 2.97. The Morgan fingerprint density at radius 3 is 2.74 bits per heavy atom. The van der Waals surface area contributed by atoms with Crippen LogP contribution in [0, 0.1) is 25.2 Å². The molecule has 1 N–H and O–H groups in total. The average Bonchev–Trinajstić information content (AvgIpc) is 2.47. The van der Waals surface area contributed by atoms with E-state index in [1.54, 1.807) is 0 Å². The topological polar surface area (TPSA) is 65.8 Å². The number of nitriles is 1. The summed E-state index contributed by atoms with van der Waals surface area (Å²) in [5.74, 6) is 0.0375. The Balaban J connectivity index is 2.07. The summed E-state index contributed by atoms with van der Waals surface area (Å²) < 4.78 is 1.72. The van der Waals surface area contributed by atoms with Crippen molar-refractivity contribution in [3.05, 3.63) is 50.0 Å². The Morgan fingerprint density at radius 1 is 1.35 bits per heavy atom. The molecule has 0 spiro atoms. The molecule has 2 rings (SSSR count). The molecule has 0 bridgehead atoms. The fourth-order valence-electron chi connectivity index (χ4n) is 1.95. The van der Waals surface area contributed by atoms with Gasteiger partial charge in [0.15, 0.2) is 0 Å². The van der Waals surface area contributed by atoms with Gasteiger partial charge in [0.05, 0.1) is 17.0 Å². The van der Waals surface area contributed by atoms with Gasteiger partial charge in [-0.1, -0.05) is 27.7 Å². The van der Waals surface area contributed by atoms with Crippen molar-refractivity contribution >= 4 is 55.2 Å². The Hall–Kier alpha value is -1.36. The number of benzene rings is 1. The first-order chi connectivity index (χ1) is 10.9. The first kappa shape index (κ1) is 18.0. The van der Waals surface area contributed by atoms with Gasteiger partial charge in [0.25, 0.3) is 0 Å². The number of pyridine rings is 1. The summed E-state index contributed by atoms with van der Waals surface area (Å²) in [5.41, 5.74) is 2.93. The molecule has 0 aliphatic carbocycles. The lowest BCUT2D eigenvalue weighted by Gasteiger charge is -2.09. The molecule has 0 unspecified atom stereocenters. The SMILES string of the molecule is Cc1cc(C)c(C#N)c(SCC(=O)Nc2ccc(Br)cc2Br)n1. The largest absolute Gasteiger partial charge is 0.324 e. The lowest BCUT2D eigenvalue weighted by Crippen LogP contribution is -2.14. The van der Waals surface area contributed by atoms with Crippen molar-refractivity contribution in [3.63, 3.8) is 0 Å². The van der Waals surface area contributed by atoms with Crippen molar-refractivity contribution in [2.75, 3.05) is 11.1 Å². The molecule has 0 saturated carbocycles. The average molecular weight is 455 g/mol. The van der Waals surface area contributed by atoms with Crippen LogP contribution in [-0.2, 0) is 4.79 Å². The number of aryl methyl sites for hydroxylation is 2. The first-order valence-corrected chi connectivity index (χ1v) is 9.24. The molecule has 1 aromatic carbocycles. The summed E-state index contributed by atoms with van der Waals surface area (Å²) in [6, 6.07) is 9.54. The summed E-state index contributed by atoms with van der Waals surface area (Å²) in [5, 5.41) is 12.7. The molecule has 0 saturated heterocycles. The molecule has 4 nitrogen and oxygen atoms in total. The van der Waals surface area contributed by atoms with Gasteiger partial charge < -0.3 is 5.32 Å². The fraction of sp³-hybridized carbons (Fsp3) is 0.188. The molecular formula is C16H13Br2N3OS. The molecule has 0 radical (unpaired) electrons. The van der Waals surface area contributed by atoms with Crippen molar-refractivity contribution in [1.29, 1.82) is 5.26 Å². The minimum Gasteiger partial charge on any atom is -0.324 e. The van der Waals surface area contributed by atoms with Crippen LogP contribution in [0.4, 0.5) is 5.69 Å². The monoisotopic (exact) mass is 453 g/mol. The lowest BCUT2D eigenvalue weighted by atomic mass is 10.1. The molecule has 118 valence electrons. The van der Waals surface area contributed by atoms with Crippen molar-refractivity contribution in [2.24, 2.45) is 0 Å². The maximum absolute atomic E-state index is 12.1. The van der Waals surface area contributed by atoms with Gasteiger partial charge in [0.2, 0.25) is 5.91 Å². The van der Waals surface area contributed by atoms with E-state index in [9.17, 15) is 10.1 Å². The summed E-state index contributed by atoms with van der Waals surface area (Å²) >= 11 is 8.04. The molecule has 1 aromatic heterocycles. The minimum atomic E-state index is -0.150. The zero-order valence-corrected chi connectivity index (χ0v) is 16.5. The van der Waals surface area contributed by atoms with Gasteiger partial charge in [-0.05, 0) is 59.6 Å². The number of anilines is 1. The zero-order chi connectivity index (χ0) is 17.0. The summed E-state index contributed by atoms with van der Waals surface area (Å²) in [4.78, 5) is 16.5. The highest BCUT2D eigenvalue weighted by Crippen LogP contribution is 2.27. The molecule has 1 heterocycles. The van der Waals surface area contributed by atoms with Gasteiger partial charge in [0, 0.05) is 14.6 Å². The van der Waals surface area contributed by atoms with E-state index in [0.29, 0.717) is 16.3 Å². The van der Waals surface area contributed by atoms with E-state index in [-0.39, 0.29) is 11.7 Å². The van der Waals surface area contributed by atoms with E-state index in [4.69, 9.17) is 0 Å². The molecule has 2 aromatic rings. The van der Waals surface area contributed by atoms with Crippen LogP contribution in [0.2, 0.25) is 0 Å². The van der Waals surface area contributed by atoms with Crippen LogP contribution in [0.1, 0.15) is 16.8 Å². The lowest BCUT2D eigenvalue weighted by molar-refractivity contribution is -0.113. The summed E-state index contributed by atoms with van der Waals surface area (Å²) in [6.07, 6.45) is 0. The highest BCUT2D eigenvalue weighted by Gasteiger charge is 2.12. The molecule has 23 heavy (non-hydrogen) atoms. The van der Waals surface area contributed by atoms with Crippen LogP contribution < -0.4 is 5.32 Å². The Labute approximate surface area is 155 Å². The molecule has 0 aliphatic heterocycles. The van der Waals surface area contributed by atoms with Crippen LogP contribution >= 0.6 is 43.6 Å². The zero-order valence-electron chi connectivity index (χ0n) is 12.5. The van der Waals surface area contributed by atoms with E-state index in [2.05, 4.69) is 48.2 Å². The number of thioether (sulfide) groups is 1. The van der Waals surface area contributed by atoms with Gasteiger partial charge in [0.1, 0.15) is 11.1 Å². The maximum Gasteiger partial charge on any atom is 0.234 e. The van der Waals surface area contributed by atoms with E-state index in [1.165, 1.54) is 11.8 Å².